The van der Waals surface area contributed by atoms with Crippen LogP contribution in [-0.2, 0) is 10.2 Å². The Kier molecular flexibility index (Phi) is 4.94. The van der Waals surface area contributed by atoms with Crippen molar-refractivity contribution >= 4 is 23.6 Å². The number of carbonyl (C=O) groups is 3. The van der Waals surface area contributed by atoms with Crippen LogP contribution in [0.15, 0.2) is 48.5 Å². The highest BCUT2D eigenvalue weighted by molar-refractivity contribution is 6.07. The molecule has 0 aromatic heterocycles. The number of anilines is 1. The number of esters is 1. The van der Waals surface area contributed by atoms with Gasteiger partial charge < -0.3 is 21.1 Å². The number of fused-ring (bicyclic) bond motifs is 1. The molecule has 0 atom stereocenters. The molecule has 3 amide bonds. The van der Waals surface area contributed by atoms with E-state index in [-0.39, 0.29) is 24.3 Å². The van der Waals surface area contributed by atoms with Gasteiger partial charge in [0.25, 0.3) is 5.91 Å². The summed E-state index contributed by atoms with van der Waals surface area (Å²) in [6.07, 6.45) is 1.24. The van der Waals surface area contributed by atoms with Crippen LogP contribution in [0, 0.1) is 0 Å². The minimum Gasteiger partial charge on any atom is -0.426 e. The summed E-state index contributed by atoms with van der Waals surface area (Å²) in [6, 6.07) is 13.5. The minimum absolute atomic E-state index is 0.0296. The Balaban J connectivity index is 1.66. The van der Waals surface area contributed by atoms with E-state index in [1.165, 1.54) is 17.0 Å². The molecule has 150 valence electrons. The van der Waals surface area contributed by atoms with Crippen molar-refractivity contribution in [3.63, 3.8) is 0 Å². The monoisotopic (exact) mass is 394 g/mol. The van der Waals surface area contributed by atoms with Crippen molar-refractivity contribution in [2.75, 3.05) is 24.7 Å². The van der Waals surface area contributed by atoms with E-state index in [1.807, 2.05) is 30.3 Å². The van der Waals surface area contributed by atoms with Crippen molar-refractivity contribution in [1.29, 1.82) is 0 Å². The third kappa shape index (κ3) is 3.42. The molecule has 0 aliphatic carbocycles. The van der Waals surface area contributed by atoms with Gasteiger partial charge in [-0.05, 0) is 43.6 Å². The van der Waals surface area contributed by atoms with Crippen LogP contribution in [0.1, 0.15) is 28.8 Å². The summed E-state index contributed by atoms with van der Waals surface area (Å²) >= 11 is 0. The molecular formula is C21H22N4O4. The average molecular weight is 394 g/mol. The maximum absolute atomic E-state index is 13.3. The molecular weight excluding hydrogens is 372 g/mol. The van der Waals surface area contributed by atoms with Crippen LogP contribution in [0.5, 0.6) is 5.75 Å². The minimum atomic E-state index is -0.747. The first-order chi connectivity index (χ1) is 14.0. The van der Waals surface area contributed by atoms with Gasteiger partial charge in [-0.25, -0.2) is 4.79 Å². The molecule has 1 fully saturated rings. The van der Waals surface area contributed by atoms with E-state index < -0.39 is 11.4 Å². The van der Waals surface area contributed by atoms with Gasteiger partial charge in [0.15, 0.2) is 0 Å². The number of carbonyl (C=O) groups excluding carboxylic acids is 3. The highest BCUT2D eigenvalue weighted by Gasteiger charge is 2.43. The zero-order valence-corrected chi connectivity index (χ0v) is 15.8. The smallest absolute Gasteiger partial charge is 0.322 e. The van der Waals surface area contributed by atoms with Crippen molar-refractivity contribution in [1.82, 2.24) is 10.6 Å². The van der Waals surface area contributed by atoms with E-state index >= 15 is 0 Å². The molecule has 1 saturated heterocycles. The van der Waals surface area contributed by atoms with Crippen molar-refractivity contribution in [2.24, 2.45) is 5.73 Å². The van der Waals surface area contributed by atoms with E-state index in [2.05, 4.69) is 10.6 Å². The van der Waals surface area contributed by atoms with Crippen molar-refractivity contribution in [3.8, 4) is 5.75 Å². The van der Waals surface area contributed by atoms with Gasteiger partial charge in [0.2, 0.25) is 0 Å². The zero-order chi connectivity index (χ0) is 20.4. The third-order valence-electron chi connectivity index (χ3n) is 5.55. The number of rotatable bonds is 3. The van der Waals surface area contributed by atoms with Crippen LogP contribution in [0.3, 0.4) is 0 Å². The fourth-order valence-corrected chi connectivity index (χ4v) is 3.94. The summed E-state index contributed by atoms with van der Waals surface area (Å²) in [4.78, 5) is 38.3. The molecule has 0 spiro atoms. The maximum Gasteiger partial charge on any atom is 0.322 e. The van der Waals surface area contributed by atoms with Gasteiger partial charge in [0, 0.05) is 6.07 Å². The Morgan fingerprint density at radius 1 is 1.07 bits per heavy atom. The second-order valence-corrected chi connectivity index (χ2v) is 7.20. The molecule has 0 bridgehead atoms. The van der Waals surface area contributed by atoms with E-state index in [0.717, 1.165) is 5.56 Å². The van der Waals surface area contributed by atoms with Gasteiger partial charge in [-0.3, -0.25) is 14.5 Å². The molecule has 2 aromatic carbocycles. The molecule has 4 rings (SSSR count). The number of urea groups is 1. The number of nitrogens with zero attached hydrogens (tertiary/aromatic N) is 1. The zero-order valence-electron chi connectivity index (χ0n) is 15.8. The topological polar surface area (TPSA) is 114 Å². The predicted molar refractivity (Wildman–Crippen MR) is 107 cm³/mol. The van der Waals surface area contributed by atoms with Gasteiger partial charge in [0.05, 0.1) is 23.3 Å². The Morgan fingerprint density at radius 3 is 2.48 bits per heavy atom. The van der Waals surface area contributed by atoms with E-state index in [0.29, 0.717) is 37.2 Å². The Bertz CT molecular complexity index is 954. The van der Waals surface area contributed by atoms with Crippen LogP contribution >= 0.6 is 0 Å². The van der Waals surface area contributed by atoms with Crippen molar-refractivity contribution in [2.45, 2.75) is 18.3 Å². The summed E-state index contributed by atoms with van der Waals surface area (Å²) in [5.74, 6) is -0.394. The maximum atomic E-state index is 13.3. The lowest BCUT2D eigenvalue weighted by Gasteiger charge is -2.36. The Labute approximate surface area is 168 Å². The second-order valence-electron chi connectivity index (χ2n) is 7.20. The van der Waals surface area contributed by atoms with Crippen LogP contribution in [0.2, 0.25) is 0 Å². The van der Waals surface area contributed by atoms with Gasteiger partial charge in [0.1, 0.15) is 5.75 Å². The lowest BCUT2D eigenvalue weighted by molar-refractivity contribution is -0.142. The van der Waals surface area contributed by atoms with Crippen LogP contribution in [0.4, 0.5) is 10.5 Å². The number of nitrogens with two attached hydrogens (primary N) is 1. The number of amides is 3. The third-order valence-corrected chi connectivity index (χ3v) is 5.55. The highest BCUT2D eigenvalue weighted by Crippen LogP contribution is 2.36. The van der Waals surface area contributed by atoms with Crippen LogP contribution in [0.25, 0.3) is 0 Å². The molecule has 2 aliphatic rings. The molecule has 8 heteroatoms. The first-order valence-corrected chi connectivity index (χ1v) is 9.49. The highest BCUT2D eigenvalue weighted by atomic mass is 16.5. The summed E-state index contributed by atoms with van der Waals surface area (Å²) in [5.41, 5.74) is 6.21. The second kappa shape index (κ2) is 7.56. The summed E-state index contributed by atoms with van der Waals surface area (Å²) in [6.45, 7) is 1.39. The normalized spacial score (nSPS) is 17.8. The van der Waals surface area contributed by atoms with E-state index in [1.54, 1.807) is 6.07 Å². The average Bonchev–Trinajstić information content (AvgIpc) is 2.75. The van der Waals surface area contributed by atoms with E-state index in [9.17, 15) is 14.4 Å². The van der Waals surface area contributed by atoms with Gasteiger partial charge in [-0.15, -0.1) is 0 Å². The standard InChI is InChI=1S/C21H22N4O4/c22-20(28)25-13-24-18(26)16-7-6-15(12-17(16)25)29-19(27)21(8-10-23-11-9-21)14-4-2-1-3-5-14/h1-7,12,23H,8-11,13H2,(H2,22,28)(H,24,26). The number of hydrogen-bond donors (Lipinski definition) is 3. The number of ether oxygens (including phenoxy) is 1. The first-order valence-electron chi connectivity index (χ1n) is 9.49. The number of piperidine rings is 1. The van der Waals surface area contributed by atoms with Gasteiger partial charge in [-0.2, -0.15) is 0 Å². The number of benzene rings is 2. The summed E-state index contributed by atoms with van der Waals surface area (Å²) in [7, 11) is 0. The largest absolute Gasteiger partial charge is 0.426 e. The lowest BCUT2D eigenvalue weighted by atomic mass is 9.73. The molecule has 4 N–H and O–H groups in total. The van der Waals surface area contributed by atoms with Crippen molar-refractivity contribution in [3.05, 3.63) is 59.7 Å². The quantitative estimate of drug-likeness (QED) is 0.539. The number of hydrogen-bond acceptors (Lipinski definition) is 5. The molecule has 2 aromatic rings. The lowest BCUT2D eigenvalue weighted by Crippen LogP contribution is -2.49. The van der Waals surface area contributed by atoms with Gasteiger partial charge >= 0.3 is 12.0 Å². The Morgan fingerprint density at radius 2 is 1.79 bits per heavy atom. The summed E-state index contributed by atoms with van der Waals surface area (Å²) < 4.78 is 5.76. The molecule has 2 aliphatic heterocycles. The molecule has 29 heavy (non-hydrogen) atoms. The van der Waals surface area contributed by atoms with E-state index in [4.69, 9.17) is 10.5 Å². The van der Waals surface area contributed by atoms with Crippen LogP contribution < -0.4 is 26.0 Å². The molecule has 0 saturated carbocycles. The molecule has 2 heterocycles. The Hall–Kier alpha value is -3.39. The number of nitrogens with one attached hydrogen (secondary N) is 2. The fraction of sp³-hybridized carbons (Fsp3) is 0.286. The first kappa shape index (κ1) is 18.9. The molecule has 0 radical (unpaired) electrons. The SMILES string of the molecule is NC(=O)N1CNC(=O)c2ccc(OC(=O)C3(c4ccccc4)CCNCC3)cc21. The van der Waals surface area contributed by atoms with Gasteiger partial charge in [-0.1, -0.05) is 30.3 Å². The van der Waals surface area contributed by atoms with Crippen LogP contribution in [-0.4, -0.2) is 37.7 Å². The number of primary amides is 1. The predicted octanol–water partition coefficient (Wildman–Crippen LogP) is 1.50. The molecule has 0 unspecified atom stereocenters. The van der Waals surface area contributed by atoms with Crippen molar-refractivity contribution < 1.29 is 19.1 Å². The fourth-order valence-electron chi connectivity index (χ4n) is 3.94. The molecule has 8 nitrogen and oxygen atoms in total. The summed E-state index contributed by atoms with van der Waals surface area (Å²) in [5, 5.41) is 5.86.